The fourth-order valence-corrected chi connectivity index (χ4v) is 5.03. The molecule has 0 aromatic heterocycles. The highest BCUT2D eigenvalue weighted by Crippen LogP contribution is 2.32. The van der Waals surface area contributed by atoms with Crippen molar-refractivity contribution in [2.45, 2.75) is 44.6 Å². The Labute approximate surface area is 148 Å². The van der Waals surface area contributed by atoms with Gasteiger partial charge >= 0.3 is 6.03 Å². The number of carbonyl (C=O) groups is 1. The molecular weight excluding hydrogens is 342 g/mol. The van der Waals surface area contributed by atoms with Crippen molar-refractivity contribution in [3.05, 3.63) is 18.2 Å². The lowest BCUT2D eigenvalue weighted by Crippen LogP contribution is -2.39. The minimum absolute atomic E-state index is 0.157. The molecule has 1 saturated carbocycles. The standard InChI is InChI=1S/C17H25N3O4S/c1-24-16-9-8-14(20-10-5-11-25(20,22)23)12-15(16)19-17(21)18-13-6-3-2-4-7-13/h8-9,12-13H,2-7,10-11H2,1H3,(H2,18,19,21). The predicted octanol–water partition coefficient (Wildman–Crippen LogP) is 2.69. The maximum atomic E-state index is 12.3. The van der Waals surface area contributed by atoms with Gasteiger partial charge in [0.1, 0.15) is 5.75 Å². The van der Waals surface area contributed by atoms with Gasteiger partial charge in [0.2, 0.25) is 10.0 Å². The minimum Gasteiger partial charge on any atom is -0.495 e. The van der Waals surface area contributed by atoms with Gasteiger partial charge in [-0.15, -0.1) is 0 Å². The Kier molecular flexibility index (Phi) is 5.36. The summed E-state index contributed by atoms with van der Waals surface area (Å²) in [6.07, 6.45) is 6.10. The van der Waals surface area contributed by atoms with E-state index in [1.807, 2.05) is 0 Å². The maximum absolute atomic E-state index is 12.3. The van der Waals surface area contributed by atoms with E-state index >= 15 is 0 Å². The predicted molar refractivity (Wildman–Crippen MR) is 97.8 cm³/mol. The largest absolute Gasteiger partial charge is 0.495 e. The van der Waals surface area contributed by atoms with Gasteiger partial charge in [0.15, 0.2) is 0 Å². The van der Waals surface area contributed by atoms with Crippen LogP contribution in [0.1, 0.15) is 38.5 Å². The highest BCUT2D eigenvalue weighted by Gasteiger charge is 2.29. The number of hydrogen-bond acceptors (Lipinski definition) is 4. The van der Waals surface area contributed by atoms with Crippen molar-refractivity contribution in [3.63, 3.8) is 0 Å². The van der Waals surface area contributed by atoms with Crippen LogP contribution in [0.3, 0.4) is 0 Å². The van der Waals surface area contributed by atoms with E-state index in [4.69, 9.17) is 4.74 Å². The number of ether oxygens (including phenoxy) is 1. The lowest BCUT2D eigenvalue weighted by Gasteiger charge is -2.23. The zero-order valence-electron chi connectivity index (χ0n) is 14.5. The zero-order valence-corrected chi connectivity index (χ0v) is 15.3. The van der Waals surface area contributed by atoms with Gasteiger partial charge in [-0.2, -0.15) is 0 Å². The fourth-order valence-electron chi connectivity index (χ4n) is 3.47. The molecule has 1 heterocycles. The number of rotatable bonds is 4. The summed E-state index contributed by atoms with van der Waals surface area (Å²) in [5, 5.41) is 5.79. The third-order valence-corrected chi connectivity index (χ3v) is 6.63. The highest BCUT2D eigenvalue weighted by molar-refractivity contribution is 7.93. The first kappa shape index (κ1) is 17.8. The van der Waals surface area contributed by atoms with E-state index in [1.54, 1.807) is 18.2 Å². The molecule has 0 bridgehead atoms. The van der Waals surface area contributed by atoms with E-state index in [1.165, 1.54) is 17.8 Å². The van der Waals surface area contributed by atoms with E-state index in [9.17, 15) is 13.2 Å². The van der Waals surface area contributed by atoms with Gasteiger partial charge in [0.25, 0.3) is 0 Å². The number of urea groups is 1. The molecule has 2 N–H and O–H groups in total. The van der Waals surface area contributed by atoms with Crippen LogP contribution in [0.2, 0.25) is 0 Å². The second kappa shape index (κ2) is 7.51. The van der Waals surface area contributed by atoms with Gasteiger partial charge in [-0.1, -0.05) is 19.3 Å². The molecule has 1 aliphatic carbocycles. The van der Waals surface area contributed by atoms with Gasteiger partial charge in [0.05, 0.1) is 24.2 Å². The van der Waals surface area contributed by atoms with E-state index in [0.717, 1.165) is 25.7 Å². The summed E-state index contributed by atoms with van der Waals surface area (Å²) in [5.41, 5.74) is 1.02. The Balaban J connectivity index is 1.75. The number of carbonyl (C=O) groups excluding carboxylic acids is 1. The van der Waals surface area contributed by atoms with Crippen LogP contribution in [0.5, 0.6) is 5.75 Å². The molecule has 1 aliphatic heterocycles. The molecule has 0 unspecified atom stereocenters. The Bertz CT molecular complexity index is 729. The second-order valence-corrected chi connectivity index (χ2v) is 8.57. The molecule has 1 aromatic rings. The average Bonchev–Trinajstić information content (AvgIpc) is 2.95. The summed E-state index contributed by atoms with van der Waals surface area (Å²) in [4.78, 5) is 12.3. The quantitative estimate of drug-likeness (QED) is 0.856. The SMILES string of the molecule is COc1ccc(N2CCCS2(=O)=O)cc1NC(=O)NC1CCCCC1. The Morgan fingerprint density at radius 3 is 2.60 bits per heavy atom. The number of amides is 2. The minimum atomic E-state index is -3.26. The van der Waals surface area contributed by atoms with E-state index in [-0.39, 0.29) is 17.8 Å². The molecule has 3 rings (SSSR count). The fraction of sp³-hybridized carbons (Fsp3) is 0.588. The molecule has 2 amide bonds. The normalized spacial score (nSPS) is 20.3. The molecule has 138 valence electrons. The van der Waals surface area contributed by atoms with Crippen LogP contribution in [-0.4, -0.2) is 39.9 Å². The van der Waals surface area contributed by atoms with Gasteiger partial charge in [-0.05, 0) is 37.5 Å². The molecule has 8 heteroatoms. The lowest BCUT2D eigenvalue weighted by atomic mass is 9.96. The summed E-state index contributed by atoms with van der Waals surface area (Å²) in [6, 6.07) is 4.95. The van der Waals surface area contributed by atoms with Crippen molar-refractivity contribution in [1.82, 2.24) is 5.32 Å². The Morgan fingerprint density at radius 1 is 1.20 bits per heavy atom. The molecular formula is C17H25N3O4S. The summed E-state index contributed by atoms with van der Waals surface area (Å²) in [6.45, 7) is 0.461. The first-order chi connectivity index (χ1) is 12.0. The van der Waals surface area contributed by atoms with Crippen molar-refractivity contribution in [2.24, 2.45) is 0 Å². The molecule has 0 radical (unpaired) electrons. The van der Waals surface area contributed by atoms with Crippen LogP contribution >= 0.6 is 0 Å². The third kappa shape index (κ3) is 4.18. The van der Waals surface area contributed by atoms with Crippen molar-refractivity contribution in [1.29, 1.82) is 0 Å². The van der Waals surface area contributed by atoms with Crippen molar-refractivity contribution in [2.75, 3.05) is 29.0 Å². The number of benzene rings is 1. The van der Waals surface area contributed by atoms with Gasteiger partial charge in [0, 0.05) is 12.6 Å². The topological polar surface area (TPSA) is 87.7 Å². The van der Waals surface area contributed by atoms with Gasteiger partial charge in [-0.25, -0.2) is 13.2 Å². The first-order valence-electron chi connectivity index (χ1n) is 8.75. The maximum Gasteiger partial charge on any atom is 0.319 e. The number of nitrogens with zero attached hydrogens (tertiary/aromatic N) is 1. The van der Waals surface area contributed by atoms with Crippen molar-refractivity contribution >= 4 is 27.4 Å². The Hall–Kier alpha value is -1.96. The van der Waals surface area contributed by atoms with Crippen LogP contribution in [0, 0.1) is 0 Å². The van der Waals surface area contributed by atoms with Crippen molar-refractivity contribution < 1.29 is 17.9 Å². The molecule has 0 spiro atoms. The van der Waals surface area contributed by atoms with E-state index < -0.39 is 10.0 Å². The van der Waals surface area contributed by atoms with Crippen LogP contribution in [-0.2, 0) is 10.0 Å². The second-order valence-electron chi connectivity index (χ2n) is 6.56. The molecule has 25 heavy (non-hydrogen) atoms. The lowest BCUT2D eigenvalue weighted by molar-refractivity contribution is 0.244. The van der Waals surface area contributed by atoms with Gasteiger partial charge in [-0.3, -0.25) is 4.31 Å². The number of nitrogens with one attached hydrogen (secondary N) is 2. The zero-order chi connectivity index (χ0) is 17.9. The monoisotopic (exact) mass is 367 g/mol. The van der Waals surface area contributed by atoms with Crippen LogP contribution < -0.4 is 19.7 Å². The number of hydrogen-bond donors (Lipinski definition) is 2. The number of methoxy groups -OCH3 is 1. The van der Waals surface area contributed by atoms with Crippen LogP contribution in [0.15, 0.2) is 18.2 Å². The Morgan fingerprint density at radius 2 is 1.96 bits per heavy atom. The molecule has 2 fully saturated rings. The van der Waals surface area contributed by atoms with Crippen LogP contribution in [0.4, 0.5) is 16.2 Å². The van der Waals surface area contributed by atoms with Crippen molar-refractivity contribution in [3.8, 4) is 5.75 Å². The summed E-state index contributed by atoms with van der Waals surface area (Å²) < 4.78 is 30.9. The smallest absolute Gasteiger partial charge is 0.319 e. The van der Waals surface area contributed by atoms with Gasteiger partial charge < -0.3 is 15.4 Å². The molecule has 2 aliphatic rings. The summed E-state index contributed by atoms with van der Waals surface area (Å²) >= 11 is 0. The van der Waals surface area contributed by atoms with E-state index in [0.29, 0.717) is 30.1 Å². The number of anilines is 2. The van der Waals surface area contributed by atoms with Crippen LogP contribution in [0.25, 0.3) is 0 Å². The molecule has 7 nitrogen and oxygen atoms in total. The first-order valence-corrected chi connectivity index (χ1v) is 10.4. The number of sulfonamides is 1. The third-order valence-electron chi connectivity index (χ3n) is 4.76. The summed E-state index contributed by atoms with van der Waals surface area (Å²) in [5.74, 6) is 0.656. The average molecular weight is 367 g/mol. The summed E-state index contributed by atoms with van der Waals surface area (Å²) in [7, 11) is -1.74. The highest BCUT2D eigenvalue weighted by atomic mass is 32.2. The molecule has 0 atom stereocenters. The molecule has 1 saturated heterocycles. The molecule has 1 aromatic carbocycles. The van der Waals surface area contributed by atoms with E-state index in [2.05, 4.69) is 10.6 Å².